The average Bonchev–Trinajstić information content (AvgIpc) is 2.37. The zero-order valence-corrected chi connectivity index (χ0v) is 11.2. The molecule has 0 radical (unpaired) electrons. The number of ether oxygens (including phenoxy) is 3. The summed E-state index contributed by atoms with van der Waals surface area (Å²) in [5.74, 6) is 1.77. The number of hydrogen-bond acceptors (Lipinski definition) is 5. The Morgan fingerprint density at radius 1 is 1.22 bits per heavy atom. The lowest BCUT2D eigenvalue weighted by molar-refractivity contribution is 0.374. The van der Waals surface area contributed by atoms with Crippen LogP contribution in [-0.2, 0) is 0 Å². The van der Waals surface area contributed by atoms with Crippen molar-refractivity contribution >= 4 is 23.5 Å². The van der Waals surface area contributed by atoms with Crippen molar-refractivity contribution in [2.75, 3.05) is 21.3 Å². The van der Waals surface area contributed by atoms with Crippen molar-refractivity contribution in [2.24, 2.45) is 10.8 Å². The molecular weight excluding hydrogens is 254 g/mol. The SMILES string of the molecule is COc1cc(OC)c(C=NNC(N)=S)c(OC)c1. The van der Waals surface area contributed by atoms with Crippen molar-refractivity contribution in [2.45, 2.75) is 0 Å². The largest absolute Gasteiger partial charge is 0.496 e. The van der Waals surface area contributed by atoms with Crippen molar-refractivity contribution in [1.29, 1.82) is 0 Å². The average molecular weight is 269 g/mol. The van der Waals surface area contributed by atoms with Crippen LogP contribution < -0.4 is 25.4 Å². The second kappa shape index (κ2) is 6.65. The van der Waals surface area contributed by atoms with E-state index in [0.717, 1.165) is 0 Å². The van der Waals surface area contributed by atoms with E-state index in [1.165, 1.54) is 6.21 Å². The normalized spacial score (nSPS) is 10.2. The smallest absolute Gasteiger partial charge is 0.184 e. The van der Waals surface area contributed by atoms with Gasteiger partial charge in [0.25, 0.3) is 0 Å². The summed E-state index contributed by atoms with van der Waals surface area (Å²) in [5.41, 5.74) is 8.39. The van der Waals surface area contributed by atoms with E-state index in [-0.39, 0.29) is 5.11 Å². The Labute approximate surface area is 111 Å². The quantitative estimate of drug-likeness (QED) is 0.469. The van der Waals surface area contributed by atoms with Crippen LogP contribution in [0.3, 0.4) is 0 Å². The molecule has 1 rings (SSSR count). The van der Waals surface area contributed by atoms with Crippen molar-refractivity contribution in [1.82, 2.24) is 5.43 Å². The molecule has 0 aliphatic heterocycles. The zero-order valence-electron chi connectivity index (χ0n) is 10.4. The monoisotopic (exact) mass is 269 g/mol. The molecule has 0 fully saturated rings. The van der Waals surface area contributed by atoms with Gasteiger partial charge in [0.05, 0.1) is 33.1 Å². The molecule has 0 atom stereocenters. The number of nitrogens with two attached hydrogens (primary N) is 1. The van der Waals surface area contributed by atoms with E-state index in [9.17, 15) is 0 Å². The van der Waals surface area contributed by atoms with Crippen molar-refractivity contribution in [3.05, 3.63) is 17.7 Å². The molecule has 0 saturated heterocycles. The fourth-order valence-electron chi connectivity index (χ4n) is 1.32. The third-order valence-electron chi connectivity index (χ3n) is 2.12. The fourth-order valence-corrected chi connectivity index (χ4v) is 1.37. The van der Waals surface area contributed by atoms with Crippen LogP contribution in [-0.4, -0.2) is 32.7 Å². The third-order valence-corrected chi connectivity index (χ3v) is 2.21. The Kier molecular flexibility index (Phi) is 5.19. The van der Waals surface area contributed by atoms with Gasteiger partial charge in [-0.15, -0.1) is 0 Å². The molecule has 0 heterocycles. The molecule has 7 heteroatoms. The summed E-state index contributed by atoms with van der Waals surface area (Å²) < 4.78 is 15.6. The Hall–Kier alpha value is -2.02. The van der Waals surface area contributed by atoms with Gasteiger partial charge in [-0.05, 0) is 12.2 Å². The molecule has 3 N–H and O–H groups in total. The van der Waals surface area contributed by atoms with E-state index in [1.807, 2.05) is 0 Å². The van der Waals surface area contributed by atoms with Gasteiger partial charge in [-0.3, -0.25) is 5.43 Å². The molecule has 6 nitrogen and oxygen atoms in total. The van der Waals surface area contributed by atoms with Gasteiger partial charge >= 0.3 is 0 Å². The van der Waals surface area contributed by atoms with Gasteiger partial charge < -0.3 is 19.9 Å². The highest BCUT2D eigenvalue weighted by Gasteiger charge is 2.11. The van der Waals surface area contributed by atoms with Crippen LogP contribution in [0.5, 0.6) is 17.2 Å². The Bertz CT molecular complexity index is 438. The number of hydrogen-bond donors (Lipinski definition) is 2. The molecule has 18 heavy (non-hydrogen) atoms. The maximum Gasteiger partial charge on any atom is 0.184 e. The minimum absolute atomic E-state index is 0.0812. The summed E-state index contributed by atoms with van der Waals surface area (Å²) in [5, 5.41) is 3.95. The Morgan fingerprint density at radius 2 is 1.78 bits per heavy atom. The summed E-state index contributed by atoms with van der Waals surface area (Å²) in [6.07, 6.45) is 1.51. The Balaban J connectivity index is 3.14. The predicted octanol–water partition coefficient (Wildman–Crippen LogP) is 0.880. The van der Waals surface area contributed by atoms with E-state index in [4.69, 9.17) is 19.9 Å². The van der Waals surface area contributed by atoms with Gasteiger partial charge in [0.2, 0.25) is 0 Å². The van der Waals surface area contributed by atoms with Gasteiger partial charge in [-0.25, -0.2) is 0 Å². The molecule has 0 amide bonds. The number of nitrogens with one attached hydrogen (secondary N) is 1. The maximum absolute atomic E-state index is 5.27. The van der Waals surface area contributed by atoms with Gasteiger partial charge in [-0.1, -0.05) is 0 Å². The topological polar surface area (TPSA) is 78.1 Å². The number of thiocarbonyl (C=S) groups is 1. The second-order valence-electron chi connectivity index (χ2n) is 3.18. The lowest BCUT2D eigenvalue weighted by atomic mass is 10.2. The van der Waals surface area contributed by atoms with Crippen LogP contribution in [0.25, 0.3) is 0 Å². The highest BCUT2D eigenvalue weighted by Crippen LogP contribution is 2.32. The van der Waals surface area contributed by atoms with E-state index in [0.29, 0.717) is 22.8 Å². The van der Waals surface area contributed by atoms with Crippen molar-refractivity contribution in [3.63, 3.8) is 0 Å². The van der Waals surface area contributed by atoms with Crippen LogP contribution in [0.2, 0.25) is 0 Å². The Morgan fingerprint density at radius 3 is 2.17 bits per heavy atom. The summed E-state index contributed by atoms with van der Waals surface area (Å²) in [6, 6.07) is 3.45. The van der Waals surface area contributed by atoms with Crippen LogP contribution in [0.4, 0.5) is 0 Å². The lowest BCUT2D eigenvalue weighted by Crippen LogP contribution is -2.24. The summed E-state index contributed by atoms with van der Waals surface area (Å²) in [6.45, 7) is 0. The fraction of sp³-hybridized carbons (Fsp3) is 0.273. The second-order valence-corrected chi connectivity index (χ2v) is 3.62. The van der Waals surface area contributed by atoms with Crippen LogP contribution in [0.15, 0.2) is 17.2 Å². The number of nitrogens with zero attached hydrogens (tertiary/aromatic N) is 1. The molecule has 0 unspecified atom stereocenters. The van der Waals surface area contributed by atoms with Crippen LogP contribution in [0, 0.1) is 0 Å². The van der Waals surface area contributed by atoms with E-state index < -0.39 is 0 Å². The minimum Gasteiger partial charge on any atom is -0.496 e. The molecule has 1 aromatic carbocycles. The lowest BCUT2D eigenvalue weighted by Gasteiger charge is -2.12. The van der Waals surface area contributed by atoms with Gasteiger partial charge in [-0.2, -0.15) is 5.10 Å². The molecule has 0 aliphatic rings. The van der Waals surface area contributed by atoms with E-state index in [2.05, 4.69) is 22.7 Å². The standard InChI is InChI=1S/C11H15N3O3S/c1-15-7-4-9(16-2)8(10(5-7)17-3)6-13-14-11(12)18/h4-6H,1-3H3,(H3,12,14,18). The number of methoxy groups -OCH3 is 3. The third kappa shape index (κ3) is 3.49. The van der Waals surface area contributed by atoms with Gasteiger partial charge in [0.15, 0.2) is 5.11 Å². The maximum atomic E-state index is 5.27. The van der Waals surface area contributed by atoms with Crippen molar-refractivity contribution < 1.29 is 14.2 Å². The number of benzene rings is 1. The summed E-state index contributed by atoms with van der Waals surface area (Å²) in [7, 11) is 4.66. The first-order valence-electron chi connectivity index (χ1n) is 5.01. The molecule has 0 spiro atoms. The first-order valence-corrected chi connectivity index (χ1v) is 5.41. The van der Waals surface area contributed by atoms with Crippen molar-refractivity contribution in [3.8, 4) is 17.2 Å². The highest BCUT2D eigenvalue weighted by atomic mass is 32.1. The highest BCUT2D eigenvalue weighted by molar-refractivity contribution is 7.80. The van der Waals surface area contributed by atoms with E-state index >= 15 is 0 Å². The first-order chi connectivity index (χ1) is 8.62. The molecule has 0 bridgehead atoms. The molecule has 0 aromatic heterocycles. The van der Waals surface area contributed by atoms with Crippen LogP contribution >= 0.6 is 12.2 Å². The molecule has 98 valence electrons. The molecule has 0 saturated carbocycles. The first kappa shape index (κ1) is 14.0. The molecule has 0 aliphatic carbocycles. The van der Waals surface area contributed by atoms with E-state index in [1.54, 1.807) is 33.5 Å². The number of rotatable bonds is 5. The molecule has 1 aromatic rings. The van der Waals surface area contributed by atoms with Gasteiger partial charge in [0, 0.05) is 12.1 Å². The number of hydrazone groups is 1. The zero-order chi connectivity index (χ0) is 13.5. The summed E-state index contributed by atoms with van der Waals surface area (Å²) >= 11 is 4.64. The van der Waals surface area contributed by atoms with Crippen LogP contribution in [0.1, 0.15) is 5.56 Å². The van der Waals surface area contributed by atoms with Gasteiger partial charge in [0.1, 0.15) is 17.2 Å². The predicted molar refractivity (Wildman–Crippen MR) is 73.6 cm³/mol. The minimum atomic E-state index is 0.0812. The summed E-state index contributed by atoms with van der Waals surface area (Å²) in [4.78, 5) is 0. The molecular formula is C11H15N3O3S.